The molecule has 3 rings (SSSR count). The van der Waals surface area contributed by atoms with Gasteiger partial charge in [0.2, 0.25) is 15.9 Å². The quantitative estimate of drug-likeness (QED) is 0.836. The van der Waals surface area contributed by atoms with Crippen LogP contribution in [0.3, 0.4) is 0 Å². The van der Waals surface area contributed by atoms with E-state index in [0.717, 1.165) is 30.6 Å². The van der Waals surface area contributed by atoms with Crippen molar-refractivity contribution >= 4 is 34.0 Å². The van der Waals surface area contributed by atoms with Crippen molar-refractivity contribution in [2.45, 2.75) is 44.0 Å². The second-order valence-corrected chi connectivity index (χ2v) is 8.36. The summed E-state index contributed by atoms with van der Waals surface area (Å²) >= 11 is 0. The van der Waals surface area contributed by atoms with Crippen LogP contribution in [0.25, 0.3) is 0 Å². The number of fused-ring (bicyclic) bond motifs is 1. The molecule has 1 amide bonds. The van der Waals surface area contributed by atoms with Gasteiger partial charge in [-0.25, -0.2) is 8.42 Å². The van der Waals surface area contributed by atoms with Gasteiger partial charge in [-0.05, 0) is 49.6 Å². The van der Waals surface area contributed by atoms with Crippen LogP contribution in [0, 0.1) is 0 Å². The van der Waals surface area contributed by atoms with Crippen LogP contribution in [-0.2, 0) is 21.2 Å². The van der Waals surface area contributed by atoms with E-state index in [9.17, 15) is 13.2 Å². The molecule has 140 valence electrons. The van der Waals surface area contributed by atoms with E-state index < -0.39 is 10.0 Å². The summed E-state index contributed by atoms with van der Waals surface area (Å²) in [6.07, 6.45) is 2.35. The number of carbonyl (C=O) groups excluding carboxylic acids is 1. The first-order valence-electron chi connectivity index (χ1n) is 8.58. The van der Waals surface area contributed by atoms with Crippen LogP contribution in [0.4, 0.5) is 5.69 Å². The van der Waals surface area contributed by atoms with Crippen LogP contribution < -0.4 is 10.2 Å². The second kappa shape index (κ2) is 8.03. The average Bonchev–Trinajstić information content (AvgIpc) is 3.20. The zero-order chi connectivity index (χ0) is 17.3. The molecule has 1 fully saturated rings. The fourth-order valence-corrected chi connectivity index (χ4v) is 5.40. The predicted octanol–water partition coefficient (Wildman–Crippen LogP) is 1.78. The molecule has 8 heteroatoms. The van der Waals surface area contributed by atoms with Crippen LogP contribution in [0.5, 0.6) is 0 Å². The zero-order valence-electron chi connectivity index (χ0n) is 14.7. The highest BCUT2D eigenvalue weighted by molar-refractivity contribution is 7.89. The summed E-state index contributed by atoms with van der Waals surface area (Å²) in [5.74, 6) is -0.00556. The number of nitrogens with zero attached hydrogens (tertiary/aromatic N) is 2. The molecule has 2 heterocycles. The van der Waals surface area contributed by atoms with Gasteiger partial charge in [0, 0.05) is 38.3 Å². The van der Waals surface area contributed by atoms with Crippen LogP contribution in [0.15, 0.2) is 23.1 Å². The third-order valence-electron chi connectivity index (χ3n) is 4.82. The molecule has 0 aliphatic carbocycles. The number of amides is 1. The number of carbonyl (C=O) groups is 1. The summed E-state index contributed by atoms with van der Waals surface area (Å²) in [6, 6.07) is 5.18. The van der Waals surface area contributed by atoms with Crippen LogP contribution in [0.1, 0.15) is 32.3 Å². The molecular weight excluding hydrogens is 362 g/mol. The first-order valence-corrected chi connectivity index (χ1v) is 10.0. The van der Waals surface area contributed by atoms with Gasteiger partial charge in [-0.15, -0.1) is 12.4 Å². The Morgan fingerprint density at radius 2 is 2.16 bits per heavy atom. The van der Waals surface area contributed by atoms with Crippen molar-refractivity contribution in [3.05, 3.63) is 23.8 Å². The number of hydrogen-bond acceptors (Lipinski definition) is 4. The summed E-state index contributed by atoms with van der Waals surface area (Å²) in [5.41, 5.74) is 1.78. The van der Waals surface area contributed by atoms with Crippen molar-refractivity contribution < 1.29 is 13.2 Å². The number of nitrogens with one attached hydrogen (secondary N) is 1. The predicted molar refractivity (Wildman–Crippen MR) is 101 cm³/mol. The number of anilines is 1. The first-order chi connectivity index (χ1) is 11.4. The summed E-state index contributed by atoms with van der Waals surface area (Å²) in [6.45, 7) is 6.26. The lowest BCUT2D eigenvalue weighted by atomic mass is 10.2. The Morgan fingerprint density at radius 1 is 1.40 bits per heavy atom. The number of benzene rings is 1. The first kappa shape index (κ1) is 20.2. The van der Waals surface area contributed by atoms with E-state index in [-0.39, 0.29) is 24.4 Å². The summed E-state index contributed by atoms with van der Waals surface area (Å²) in [7, 11) is -3.52. The number of hydrogen-bond donors (Lipinski definition) is 1. The summed E-state index contributed by atoms with van der Waals surface area (Å²) < 4.78 is 27.9. The molecule has 25 heavy (non-hydrogen) atoms. The summed E-state index contributed by atoms with van der Waals surface area (Å²) in [4.78, 5) is 13.7. The molecular formula is C17H26ClN3O3S. The van der Waals surface area contributed by atoms with Gasteiger partial charge in [0.05, 0.1) is 4.90 Å². The molecule has 0 radical (unpaired) electrons. The molecule has 1 N–H and O–H groups in total. The molecule has 0 saturated carbocycles. The molecule has 2 aliphatic rings. The van der Waals surface area contributed by atoms with Gasteiger partial charge < -0.3 is 10.2 Å². The van der Waals surface area contributed by atoms with Gasteiger partial charge in [-0.3, -0.25) is 4.79 Å². The normalized spacial score (nSPS) is 19.8. The molecule has 0 bridgehead atoms. The minimum absolute atomic E-state index is 0. The lowest BCUT2D eigenvalue weighted by Crippen LogP contribution is -2.42. The maximum atomic E-state index is 13.1. The topological polar surface area (TPSA) is 69.7 Å². The molecule has 6 nitrogen and oxygen atoms in total. The van der Waals surface area contributed by atoms with E-state index in [2.05, 4.69) is 5.32 Å². The van der Waals surface area contributed by atoms with E-state index >= 15 is 0 Å². The lowest BCUT2D eigenvalue weighted by Gasteiger charge is -2.27. The van der Waals surface area contributed by atoms with Gasteiger partial charge >= 0.3 is 0 Å². The molecule has 1 aromatic rings. The smallest absolute Gasteiger partial charge is 0.243 e. The van der Waals surface area contributed by atoms with Crippen molar-refractivity contribution in [2.75, 3.05) is 31.1 Å². The molecule has 0 spiro atoms. The fourth-order valence-electron chi connectivity index (χ4n) is 3.61. The molecule has 1 saturated heterocycles. The van der Waals surface area contributed by atoms with Crippen LogP contribution in [0.2, 0.25) is 0 Å². The van der Waals surface area contributed by atoms with Crippen molar-refractivity contribution in [3.8, 4) is 0 Å². The van der Waals surface area contributed by atoms with Gasteiger partial charge in [0.1, 0.15) is 0 Å². The Labute approximate surface area is 156 Å². The monoisotopic (exact) mass is 387 g/mol. The lowest BCUT2D eigenvalue weighted by molar-refractivity contribution is -0.116. The van der Waals surface area contributed by atoms with E-state index in [1.165, 1.54) is 6.92 Å². The van der Waals surface area contributed by atoms with E-state index in [4.69, 9.17) is 0 Å². The van der Waals surface area contributed by atoms with Crippen molar-refractivity contribution in [1.29, 1.82) is 0 Å². The Bertz CT molecular complexity index is 733. The van der Waals surface area contributed by atoms with E-state index in [0.29, 0.717) is 31.0 Å². The average molecular weight is 388 g/mol. The maximum absolute atomic E-state index is 13.1. The fraction of sp³-hybridized carbons (Fsp3) is 0.588. The van der Waals surface area contributed by atoms with Crippen molar-refractivity contribution in [2.24, 2.45) is 0 Å². The van der Waals surface area contributed by atoms with Crippen LogP contribution in [-0.4, -0.2) is 50.9 Å². The van der Waals surface area contributed by atoms with Gasteiger partial charge in [0.15, 0.2) is 0 Å². The Hall–Kier alpha value is -1.15. The molecule has 2 aliphatic heterocycles. The highest BCUT2D eigenvalue weighted by atomic mass is 35.5. The Balaban J connectivity index is 0.00000225. The SMILES string of the molecule is CCCN(C1CCNC1)S(=O)(=O)c1ccc2c(c1)CCN2C(C)=O.Cl. The molecule has 1 unspecified atom stereocenters. The maximum Gasteiger partial charge on any atom is 0.243 e. The van der Waals surface area contributed by atoms with Crippen molar-refractivity contribution in [3.63, 3.8) is 0 Å². The van der Waals surface area contributed by atoms with Crippen LogP contribution >= 0.6 is 12.4 Å². The molecule has 1 aromatic carbocycles. The standard InChI is InChI=1S/C17H25N3O3S.ClH/c1-3-9-20(15-6-8-18-12-15)24(22,23)16-4-5-17-14(11-16)7-10-19(17)13(2)21;/h4-5,11,15,18H,3,6-10,12H2,1-2H3;1H. The minimum Gasteiger partial charge on any atom is -0.315 e. The Kier molecular flexibility index (Phi) is 6.48. The minimum atomic E-state index is -3.52. The van der Waals surface area contributed by atoms with Gasteiger partial charge in [-0.1, -0.05) is 6.92 Å². The summed E-state index contributed by atoms with van der Waals surface area (Å²) in [5, 5.41) is 3.24. The largest absolute Gasteiger partial charge is 0.315 e. The van der Waals surface area contributed by atoms with E-state index in [1.807, 2.05) is 6.92 Å². The van der Waals surface area contributed by atoms with Gasteiger partial charge in [0.25, 0.3) is 0 Å². The van der Waals surface area contributed by atoms with E-state index in [1.54, 1.807) is 27.4 Å². The third kappa shape index (κ3) is 3.84. The number of sulfonamides is 1. The number of rotatable bonds is 5. The molecule has 1 atom stereocenters. The highest BCUT2D eigenvalue weighted by Crippen LogP contribution is 2.32. The third-order valence-corrected chi connectivity index (χ3v) is 6.77. The zero-order valence-corrected chi connectivity index (χ0v) is 16.3. The van der Waals surface area contributed by atoms with Gasteiger partial charge in [-0.2, -0.15) is 4.31 Å². The number of halogens is 1. The Morgan fingerprint density at radius 3 is 2.76 bits per heavy atom. The highest BCUT2D eigenvalue weighted by Gasteiger charge is 2.33. The molecule has 0 aromatic heterocycles. The second-order valence-electron chi connectivity index (χ2n) is 6.47. The van der Waals surface area contributed by atoms with Crippen molar-refractivity contribution in [1.82, 2.24) is 9.62 Å².